The molecule has 102 valence electrons. The van der Waals surface area contributed by atoms with Crippen molar-refractivity contribution in [3.05, 3.63) is 48.2 Å². The molecule has 5 heteroatoms. The summed E-state index contributed by atoms with van der Waals surface area (Å²) in [7, 11) is 0. The number of aromatic nitrogens is 1. The summed E-state index contributed by atoms with van der Waals surface area (Å²) in [6.45, 7) is 0.739. The molecule has 3 nitrogen and oxygen atoms in total. The highest BCUT2D eigenvalue weighted by Gasteiger charge is 2.25. The van der Waals surface area contributed by atoms with Crippen LogP contribution in [-0.2, 0) is 0 Å². The van der Waals surface area contributed by atoms with Crippen LogP contribution in [0.2, 0.25) is 0 Å². The lowest BCUT2D eigenvalue weighted by atomic mass is 10.2. The molecule has 0 fully saturated rings. The van der Waals surface area contributed by atoms with E-state index in [1.165, 1.54) is 16.7 Å². The Kier molecular flexibility index (Phi) is 3.98. The Morgan fingerprint density at radius 2 is 2.15 bits per heavy atom. The summed E-state index contributed by atoms with van der Waals surface area (Å²) in [4.78, 5) is 20.1. The fourth-order valence-electron chi connectivity index (χ4n) is 2.24. The average molecular weight is 302 g/mol. The van der Waals surface area contributed by atoms with E-state index in [9.17, 15) is 4.79 Å². The number of hydrogen-bond acceptors (Lipinski definition) is 4. The van der Waals surface area contributed by atoms with Gasteiger partial charge in [-0.2, -0.15) is 0 Å². The molecule has 20 heavy (non-hydrogen) atoms. The van der Waals surface area contributed by atoms with E-state index in [1.807, 2.05) is 41.5 Å². The van der Waals surface area contributed by atoms with Crippen molar-refractivity contribution in [1.82, 2.24) is 4.98 Å². The molecular weight excluding hydrogens is 288 g/mol. The van der Waals surface area contributed by atoms with Crippen molar-refractivity contribution >= 4 is 35.1 Å². The molecule has 1 aromatic carbocycles. The van der Waals surface area contributed by atoms with Crippen molar-refractivity contribution in [3.63, 3.8) is 0 Å². The maximum Gasteiger partial charge on any atom is 0.261 e. The van der Waals surface area contributed by atoms with E-state index in [0.29, 0.717) is 5.56 Å². The second-order valence-electron chi connectivity index (χ2n) is 4.33. The number of rotatable bonds is 2. The number of carbonyl (C=O) groups excluding carboxylic acids is 1. The summed E-state index contributed by atoms with van der Waals surface area (Å²) in [6, 6.07) is 11.7. The number of para-hydroxylation sites is 1. The summed E-state index contributed by atoms with van der Waals surface area (Å²) in [5.74, 6) is 0.965. The Morgan fingerprint density at radius 3 is 3.00 bits per heavy atom. The molecule has 2 heterocycles. The lowest BCUT2D eigenvalue weighted by Crippen LogP contribution is -2.35. The van der Waals surface area contributed by atoms with E-state index < -0.39 is 0 Å². The molecule has 0 spiro atoms. The molecule has 0 unspecified atom stereocenters. The van der Waals surface area contributed by atoms with Gasteiger partial charge < -0.3 is 4.90 Å². The standard InChI is InChI=1S/C15H14N2OS2/c1-19-14-11(5-4-8-16-14)15(18)17-9-10-20-13-7-3-2-6-12(13)17/h2-8H,9-10H2,1H3. The molecule has 1 aliphatic rings. The molecule has 0 bridgehead atoms. The van der Waals surface area contributed by atoms with Crippen molar-refractivity contribution < 1.29 is 4.79 Å². The van der Waals surface area contributed by atoms with E-state index in [2.05, 4.69) is 11.1 Å². The first-order chi connectivity index (χ1) is 9.81. The van der Waals surface area contributed by atoms with Gasteiger partial charge in [-0.05, 0) is 30.5 Å². The van der Waals surface area contributed by atoms with E-state index in [1.54, 1.807) is 18.0 Å². The van der Waals surface area contributed by atoms with Crippen LogP contribution in [0.4, 0.5) is 5.69 Å². The number of nitrogens with zero attached hydrogens (tertiary/aromatic N) is 2. The van der Waals surface area contributed by atoms with Crippen LogP contribution >= 0.6 is 23.5 Å². The number of amides is 1. The van der Waals surface area contributed by atoms with Gasteiger partial charge in [0.2, 0.25) is 0 Å². The molecule has 1 amide bonds. The van der Waals surface area contributed by atoms with Crippen molar-refractivity contribution in [2.24, 2.45) is 0 Å². The monoisotopic (exact) mass is 302 g/mol. The molecule has 1 aromatic heterocycles. The number of benzene rings is 1. The van der Waals surface area contributed by atoms with Gasteiger partial charge in [-0.3, -0.25) is 4.79 Å². The lowest BCUT2D eigenvalue weighted by molar-refractivity contribution is 0.0984. The molecule has 0 saturated heterocycles. The number of anilines is 1. The van der Waals surface area contributed by atoms with Gasteiger partial charge in [0, 0.05) is 23.4 Å². The van der Waals surface area contributed by atoms with Crippen LogP contribution in [0.15, 0.2) is 52.5 Å². The summed E-state index contributed by atoms with van der Waals surface area (Å²) < 4.78 is 0. The van der Waals surface area contributed by atoms with Crippen LogP contribution in [0.25, 0.3) is 0 Å². The van der Waals surface area contributed by atoms with Gasteiger partial charge >= 0.3 is 0 Å². The van der Waals surface area contributed by atoms with Crippen LogP contribution < -0.4 is 4.90 Å². The Hall–Kier alpha value is -1.46. The zero-order valence-electron chi connectivity index (χ0n) is 11.1. The molecule has 0 saturated carbocycles. The van der Waals surface area contributed by atoms with Crippen molar-refractivity contribution in [2.75, 3.05) is 23.5 Å². The van der Waals surface area contributed by atoms with Crippen LogP contribution in [0.1, 0.15) is 10.4 Å². The Bertz CT molecular complexity index is 645. The highest BCUT2D eigenvalue weighted by molar-refractivity contribution is 7.99. The maximum absolute atomic E-state index is 12.8. The van der Waals surface area contributed by atoms with E-state index in [-0.39, 0.29) is 5.91 Å². The van der Waals surface area contributed by atoms with Gasteiger partial charge in [-0.15, -0.1) is 23.5 Å². The largest absolute Gasteiger partial charge is 0.306 e. The smallest absolute Gasteiger partial charge is 0.261 e. The summed E-state index contributed by atoms with van der Waals surface area (Å²) in [5, 5.41) is 0.785. The summed E-state index contributed by atoms with van der Waals surface area (Å²) in [6.07, 6.45) is 3.67. The van der Waals surface area contributed by atoms with E-state index in [4.69, 9.17) is 0 Å². The molecule has 1 aliphatic heterocycles. The first-order valence-electron chi connectivity index (χ1n) is 6.34. The quantitative estimate of drug-likeness (QED) is 0.794. The van der Waals surface area contributed by atoms with Crippen LogP contribution in [-0.4, -0.2) is 29.4 Å². The van der Waals surface area contributed by atoms with Gasteiger partial charge in [-0.25, -0.2) is 4.98 Å². The fraction of sp³-hybridized carbons (Fsp3) is 0.200. The van der Waals surface area contributed by atoms with Crippen LogP contribution in [0.3, 0.4) is 0 Å². The minimum absolute atomic E-state index is 0.0372. The third kappa shape index (κ3) is 2.43. The highest BCUT2D eigenvalue weighted by Crippen LogP contribution is 2.35. The molecule has 0 radical (unpaired) electrons. The van der Waals surface area contributed by atoms with Gasteiger partial charge in [-0.1, -0.05) is 12.1 Å². The first kappa shape index (κ1) is 13.5. The van der Waals surface area contributed by atoms with Gasteiger partial charge in [0.05, 0.1) is 11.3 Å². The number of hydrogen-bond donors (Lipinski definition) is 0. The third-order valence-electron chi connectivity index (χ3n) is 3.17. The van der Waals surface area contributed by atoms with Gasteiger partial charge in [0.25, 0.3) is 5.91 Å². The molecule has 0 N–H and O–H groups in total. The molecule has 0 atom stereocenters. The van der Waals surface area contributed by atoms with Crippen molar-refractivity contribution in [2.45, 2.75) is 9.92 Å². The van der Waals surface area contributed by atoms with E-state index >= 15 is 0 Å². The fourth-order valence-corrected chi connectivity index (χ4v) is 3.78. The van der Waals surface area contributed by atoms with Crippen LogP contribution in [0, 0.1) is 0 Å². The number of carbonyl (C=O) groups is 1. The topological polar surface area (TPSA) is 33.2 Å². The second-order valence-corrected chi connectivity index (χ2v) is 6.26. The number of pyridine rings is 1. The second kappa shape index (κ2) is 5.89. The van der Waals surface area contributed by atoms with E-state index in [0.717, 1.165) is 23.0 Å². The van der Waals surface area contributed by atoms with Crippen LogP contribution in [0.5, 0.6) is 0 Å². The minimum atomic E-state index is 0.0372. The molecule has 0 aliphatic carbocycles. The SMILES string of the molecule is CSc1ncccc1C(=O)N1CCSc2ccccc21. The summed E-state index contributed by atoms with van der Waals surface area (Å²) >= 11 is 3.31. The van der Waals surface area contributed by atoms with Gasteiger partial charge in [0.1, 0.15) is 5.03 Å². The first-order valence-corrected chi connectivity index (χ1v) is 8.55. The normalized spacial score (nSPS) is 13.9. The molecule has 2 aromatic rings. The summed E-state index contributed by atoms with van der Waals surface area (Å²) in [5.41, 5.74) is 1.69. The van der Waals surface area contributed by atoms with Crippen molar-refractivity contribution in [3.8, 4) is 0 Å². The molecule has 3 rings (SSSR count). The lowest BCUT2D eigenvalue weighted by Gasteiger charge is -2.29. The highest BCUT2D eigenvalue weighted by atomic mass is 32.2. The van der Waals surface area contributed by atoms with Gasteiger partial charge in [0.15, 0.2) is 0 Å². The average Bonchev–Trinajstić information content (AvgIpc) is 2.53. The predicted molar refractivity (Wildman–Crippen MR) is 84.9 cm³/mol. The van der Waals surface area contributed by atoms with Crippen molar-refractivity contribution in [1.29, 1.82) is 0 Å². The Balaban J connectivity index is 2.00. The third-order valence-corrected chi connectivity index (χ3v) is 4.92. The predicted octanol–water partition coefficient (Wildman–Crippen LogP) is 3.56. The Morgan fingerprint density at radius 1 is 1.30 bits per heavy atom. The zero-order valence-corrected chi connectivity index (χ0v) is 12.7. The molecular formula is C15H14N2OS2. The Labute approximate surface area is 126 Å². The maximum atomic E-state index is 12.8. The minimum Gasteiger partial charge on any atom is -0.306 e. The zero-order chi connectivity index (χ0) is 13.9. The number of fused-ring (bicyclic) bond motifs is 1. The number of thioether (sulfide) groups is 2.